The van der Waals surface area contributed by atoms with Crippen molar-refractivity contribution in [1.82, 2.24) is 4.90 Å². The molecule has 1 aliphatic heterocycles. The number of carbonyl (C=O) groups excluding carboxylic acids is 1. The van der Waals surface area contributed by atoms with Gasteiger partial charge in [-0.2, -0.15) is 0 Å². The van der Waals surface area contributed by atoms with E-state index in [4.69, 9.17) is 9.84 Å². The summed E-state index contributed by atoms with van der Waals surface area (Å²) >= 11 is 0. The lowest BCUT2D eigenvalue weighted by atomic mass is 10.2. The van der Waals surface area contributed by atoms with E-state index in [1.165, 1.54) is 0 Å². The largest absolute Gasteiger partial charge is 0.395 e. The van der Waals surface area contributed by atoms with Gasteiger partial charge in [-0.1, -0.05) is 6.92 Å². The van der Waals surface area contributed by atoms with Gasteiger partial charge >= 0.3 is 0 Å². The van der Waals surface area contributed by atoms with E-state index >= 15 is 0 Å². The molecule has 1 saturated heterocycles. The predicted octanol–water partition coefficient (Wildman–Crippen LogP) is 0.0487. The minimum absolute atomic E-state index is 0.00422. The predicted molar refractivity (Wildman–Crippen MR) is 53.2 cm³/mol. The second-order valence-corrected chi connectivity index (χ2v) is 3.67. The Bertz CT molecular complexity index is 184. The maximum absolute atomic E-state index is 11.4. The smallest absolute Gasteiger partial charge is 0.146 e. The summed E-state index contributed by atoms with van der Waals surface area (Å²) in [4.78, 5) is 13.4. The zero-order valence-corrected chi connectivity index (χ0v) is 8.74. The third-order valence-electron chi connectivity index (χ3n) is 2.47. The zero-order valence-electron chi connectivity index (χ0n) is 8.74. The number of nitrogens with zero attached hydrogens (tertiary/aromatic N) is 1. The van der Waals surface area contributed by atoms with Gasteiger partial charge in [0.2, 0.25) is 0 Å². The standard InChI is InChI=1S/C10H19NO3/c1-2-3-10(13)6-11-4-5-14-8-9(11)7-12/h9,12H,2-8H2,1H3. The van der Waals surface area contributed by atoms with E-state index in [0.717, 1.165) is 13.0 Å². The first-order valence-corrected chi connectivity index (χ1v) is 5.22. The zero-order chi connectivity index (χ0) is 10.4. The number of morpholine rings is 1. The van der Waals surface area contributed by atoms with Crippen LogP contribution in [-0.2, 0) is 9.53 Å². The van der Waals surface area contributed by atoms with Gasteiger partial charge in [0.1, 0.15) is 5.78 Å². The Morgan fingerprint density at radius 2 is 2.43 bits per heavy atom. The van der Waals surface area contributed by atoms with Gasteiger partial charge in [-0.15, -0.1) is 0 Å². The number of aliphatic hydroxyl groups is 1. The Hall–Kier alpha value is -0.450. The normalized spacial score (nSPS) is 23.7. The summed E-state index contributed by atoms with van der Waals surface area (Å²) in [7, 11) is 0. The molecule has 0 aromatic heterocycles. The summed E-state index contributed by atoms with van der Waals surface area (Å²) in [5.41, 5.74) is 0. The number of hydrogen-bond donors (Lipinski definition) is 1. The van der Waals surface area contributed by atoms with Crippen molar-refractivity contribution in [3.05, 3.63) is 0 Å². The Labute approximate surface area is 84.8 Å². The monoisotopic (exact) mass is 201 g/mol. The van der Waals surface area contributed by atoms with Crippen LogP contribution in [0.25, 0.3) is 0 Å². The molecule has 1 fully saturated rings. The van der Waals surface area contributed by atoms with E-state index in [1.54, 1.807) is 0 Å². The molecule has 0 bridgehead atoms. The van der Waals surface area contributed by atoms with E-state index in [0.29, 0.717) is 26.2 Å². The number of carbonyl (C=O) groups is 1. The van der Waals surface area contributed by atoms with Crippen molar-refractivity contribution in [2.24, 2.45) is 0 Å². The van der Waals surface area contributed by atoms with Crippen LogP contribution in [0, 0.1) is 0 Å². The van der Waals surface area contributed by atoms with Gasteiger partial charge in [0.25, 0.3) is 0 Å². The molecule has 1 heterocycles. The lowest BCUT2D eigenvalue weighted by Crippen LogP contribution is -2.49. The molecular formula is C10H19NO3. The number of ketones is 1. The second kappa shape index (κ2) is 6.11. The van der Waals surface area contributed by atoms with Gasteiger partial charge in [-0.25, -0.2) is 0 Å². The van der Waals surface area contributed by atoms with Crippen LogP contribution in [0.15, 0.2) is 0 Å². The molecule has 1 aliphatic rings. The molecule has 0 radical (unpaired) electrons. The molecule has 1 rings (SSSR count). The number of aliphatic hydroxyl groups excluding tert-OH is 1. The summed E-state index contributed by atoms with van der Waals surface area (Å²) in [6.45, 7) is 4.48. The number of ether oxygens (including phenoxy) is 1. The van der Waals surface area contributed by atoms with E-state index < -0.39 is 0 Å². The van der Waals surface area contributed by atoms with Crippen LogP contribution in [0.1, 0.15) is 19.8 Å². The van der Waals surface area contributed by atoms with Crippen molar-refractivity contribution in [2.75, 3.05) is 32.9 Å². The molecule has 1 unspecified atom stereocenters. The minimum atomic E-state index is 0.00422. The average Bonchev–Trinajstić information content (AvgIpc) is 2.19. The Kier molecular flexibility index (Phi) is 5.07. The Balaban J connectivity index is 2.36. The maximum Gasteiger partial charge on any atom is 0.146 e. The molecule has 0 amide bonds. The van der Waals surface area contributed by atoms with Gasteiger partial charge in [0.15, 0.2) is 0 Å². The van der Waals surface area contributed by atoms with Crippen LogP contribution in [0.3, 0.4) is 0 Å². The molecule has 0 saturated carbocycles. The first-order chi connectivity index (χ1) is 6.77. The topological polar surface area (TPSA) is 49.8 Å². The van der Waals surface area contributed by atoms with Gasteiger partial charge in [-0.3, -0.25) is 9.69 Å². The highest BCUT2D eigenvalue weighted by Crippen LogP contribution is 2.06. The number of rotatable bonds is 5. The molecular weight excluding hydrogens is 182 g/mol. The molecule has 0 aromatic carbocycles. The van der Waals surface area contributed by atoms with Crippen molar-refractivity contribution in [2.45, 2.75) is 25.8 Å². The Morgan fingerprint density at radius 1 is 1.64 bits per heavy atom. The molecule has 1 atom stereocenters. The lowest BCUT2D eigenvalue weighted by Gasteiger charge is -2.33. The fourth-order valence-corrected chi connectivity index (χ4v) is 1.65. The van der Waals surface area contributed by atoms with Gasteiger partial charge in [0, 0.05) is 13.0 Å². The van der Waals surface area contributed by atoms with Crippen molar-refractivity contribution in [1.29, 1.82) is 0 Å². The summed E-state index contributed by atoms with van der Waals surface area (Å²) in [5, 5.41) is 9.07. The lowest BCUT2D eigenvalue weighted by molar-refractivity contribution is -0.123. The summed E-state index contributed by atoms with van der Waals surface area (Å²) in [6, 6.07) is 0.00422. The molecule has 0 spiro atoms. The third-order valence-corrected chi connectivity index (χ3v) is 2.47. The highest BCUT2D eigenvalue weighted by Gasteiger charge is 2.23. The molecule has 14 heavy (non-hydrogen) atoms. The van der Waals surface area contributed by atoms with Crippen LogP contribution in [0.4, 0.5) is 0 Å². The Morgan fingerprint density at radius 3 is 3.07 bits per heavy atom. The molecule has 4 heteroatoms. The van der Waals surface area contributed by atoms with Crippen molar-refractivity contribution in [3.8, 4) is 0 Å². The molecule has 1 N–H and O–H groups in total. The first kappa shape index (κ1) is 11.6. The van der Waals surface area contributed by atoms with Gasteiger partial charge < -0.3 is 9.84 Å². The summed E-state index contributed by atoms with van der Waals surface area (Å²) < 4.78 is 5.23. The summed E-state index contributed by atoms with van der Waals surface area (Å²) in [6.07, 6.45) is 1.53. The number of hydrogen-bond acceptors (Lipinski definition) is 4. The molecule has 82 valence electrons. The van der Waals surface area contributed by atoms with E-state index in [2.05, 4.69) is 0 Å². The van der Waals surface area contributed by atoms with Crippen LogP contribution < -0.4 is 0 Å². The molecule has 0 aromatic rings. The highest BCUT2D eigenvalue weighted by atomic mass is 16.5. The average molecular weight is 201 g/mol. The second-order valence-electron chi connectivity index (χ2n) is 3.67. The molecule has 0 aliphatic carbocycles. The van der Waals surface area contributed by atoms with Crippen LogP contribution in [-0.4, -0.2) is 54.7 Å². The maximum atomic E-state index is 11.4. The fraction of sp³-hybridized carbons (Fsp3) is 0.900. The third kappa shape index (κ3) is 3.36. The van der Waals surface area contributed by atoms with Crippen molar-refractivity contribution in [3.63, 3.8) is 0 Å². The van der Waals surface area contributed by atoms with Gasteiger partial charge in [-0.05, 0) is 6.42 Å². The van der Waals surface area contributed by atoms with E-state index in [9.17, 15) is 4.79 Å². The van der Waals surface area contributed by atoms with Crippen molar-refractivity contribution < 1.29 is 14.6 Å². The van der Waals surface area contributed by atoms with Crippen LogP contribution in [0.5, 0.6) is 0 Å². The SMILES string of the molecule is CCCC(=O)CN1CCOCC1CO. The van der Waals surface area contributed by atoms with E-state index in [-0.39, 0.29) is 18.4 Å². The van der Waals surface area contributed by atoms with Gasteiger partial charge in [0.05, 0.1) is 32.4 Å². The highest BCUT2D eigenvalue weighted by molar-refractivity contribution is 5.80. The fourth-order valence-electron chi connectivity index (χ4n) is 1.65. The number of Topliss-reactive ketones (excluding diaryl/α,β-unsaturated/α-hetero) is 1. The minimum Gasteiger partial charge on any atom is -0.395 e. The van der Waals surface area contributed by atoms with E-state index in [1.807, 2.05) is 11.8 Å². The van der Waals surface area contributed by atoms with Crippen LogP contribution in [0.2, 0.25) is 0 Å². The molecule has 4 nitrogen and oxygen atoms in total. The van der Waals surface area contributed by atoms with Crippen molar-refractivity contribution >= 4 is 5.78 Å². The summed E-state index contributed by atoms with van der Waals surface area (Å²) in [5.74, 6) is 0.257. The van der Waals surface area contributed by atoms with Crippen LogP contribution >= 0.6 is 0 Å². The quantitative estimate of drug-likeness (QED) is 0.683. The first-order valence-electron chi connectivity index (χ1n) is 5.22.